The molecule has 1 aliphatic rings. The van der Waals surface area contributed by atoms with Crippen molar-refractivity contribution in [3.63, 3.8) is 0 Å². The quantitative estimate of drug-likeness (QED) is 0.826. The van der Waals surface area contributed by atoms with Crippen LogP contribution >= 0.6 is 0 Å². The number of nitrogens with one attached hydrogen (secondary N) is 1. The lowest BCUT2D eigenvalue weighted by molar-refractivity contribution is 0.912. The van der Waals surface area contributed by atoms with Gasteiger partial charge in [-0.2, -0.15) is 0 Å². The van der Waals surface area contributed by atoms with Gasteiger partial charge in [0.05, 0.1) is 11.9 Å². The van der Waals surface area contributed by atoms with E-state index in [1.807, 2.05) is 6.07 Å². The fourth-order valence-corrected chi connectivity index (χ4v) is 2.30. The number of hydrogen-bond donors (Lipinski definition) is 2. The minimum Gasteiger partial charge on any atom is -0.384 e. The third-order valence-corrected chi connectivity index (χ3v) is 3.17. The zero-order valence-electron chi connectivity index (χ0n) is 9.61. The number of nitrogens with two attached hydrogens (primary N) is 1. The van der Waals surface area contributed by atoms with Gasteiger partial charge in [-0.3, -0.25) is 0 Å². The number of benzene rings is 1. The predicted molar refractivity (Wildman–Crippen MR) is 70.4 cm³/mol. The molecule has 2 aromatic rings. The van der Waals surface area contributed by atoms with Crippen molar-refractivity contribution in [3.8, 4) is 0 Å². The number of nitrogens with zero attached hydrogens (tertiary/aromatic N) is 1. The lowest BCUT2D eigenvalue weighted by Crippen LogP contribution is -1.94. The van der Waals surface area contributed by atoms with Crippen molar-refractivity contribution in [2.75, 3.05) is 11.1 Å². The number of aromatic nitrogens is 1. The number of nitrogen functional groups attached to an aromatic ring is 1. The van der Waals surface area contributed by atoms with Gasteiger partial charge in [-0.15, -0.1) is 0 Å². The van der Waals surface area contributed by atoms with Crippen molar-refractivity contribution < 1.29 is 0 Å². The second kappa shape index (κ2) is 4.09. The lowest BCUT2D eigenvalue weighted by Gasteiger charge is -2.08. The van der Waals surface area contributed by atoms with Gasteiger partial charge in [0, 0.05) is 5.69 Å². The van der Waals surface area contributed by atoms with E-state index in [1.54, 1.807) is 12.3 Å². The van der Waals surface area contributed by atoms with Crippen molar-refractivity contribution in [1.82, 2.24) is 4.98 Å². The first-order chi connectivity index (χ1) is 8.31. The van der Waals surface area contributed by atoms with E-state index in [0.717, 1.165) is 11.4 Å². The van der Waals surface area contributed by atoms with E-state index in [9.17, 15) is 0 Å². The summed E-state index contributed by atoms with van der Waals surface area (Å²) in [6, 6.07) is 10.3. The summed E-state index contributed by atoms with van der Waals surface area (Å²) in [4.78, 5) is 4.06. The van der Waals surface area contributed by atoms with Gasteiger partial charge in [-0.25, -0.2) is 4.98 Å². The normalized spacial score (nSPS) is 13.4. The van der Waals surface area contributed by atoms with Crippen LogP contribution in [-0.2, 0) is 12.8 Å². The number of aryl methyl sites for hydroxylation is 2. The maximum atomic E-state index is 5.55. The maximum absolute atomic E-state index is 5.55. The van der Waals surface area contributed by atoms with Gasteiger partial charge in [0.1, 0.15) is 5.82 Å². The molecular formula is C14H15N3. The summed E-state index contributed by atoms with van der Waals surface area (Å²) < 4.78 is 0. The molecule has 1 aromatic heterocycles. The molecule has 86 valence electrons. The average Bonchev–Trinajstić information content (AvgIpc) is 2.79. The van der Waals surface area contributed by atoms with E-state index in [4.69, 9.17) is 5.73 Å². The standard InChI is InChI=1S/C14H15N3/c15-14-7-6-13(9-16-14)17-12-5-4-10-2-1-3-11(10)8-12/h4-9,17H,1-3H2,(H2,15,16). The van der Waals surface area contributed by atoms with Crippen LogP contribution in [0.3, 0.4) is 0 Å². The van der Waals surface area contributed by atoms with Gasteiger partial charge in [-0.1, -0.05) is 6.07 Å². The fraction of sp³-hybridized carbons (Fsp3) is 0.214. The lowest BCUT2D eigenvalue weighted by atomic mass is 10.1. The second-order valence-corrected chi connectivity index (χ2v) is 4.43. The molecule has 0 saturated heterocycles. The Morgan fingerprint density at radius 3 is 2.65 bits per heavy atom. The van der Waals surface area contributed by atoms with Crippen LogP contribution in [0.4, 0.5) is 17.2 Å². The van der Waals surface area contributed by atoms with Gasteiger partial charge in [0.2, 0.25) is 0 Å². The smallest absolute Gasteiger partial charge is 0.123 e. The first kappa shape index (κ1) is 10.1. The predicted octanol–water partition coefficient (Wildman–Crippen LogP) is 2.90. The minimum atomic E-state index is 0.546. The van der Waals surface area contributed by atoms with Gasteiger partial charge >= 0.3 is 0 Å². The van der Waals surface area contributed by atoms with Crippen LogP contribution in [0, 0.1) is 0 Å². The van der Waals surface area contributed by atoms with Gasteiger partial charge in [0.15, 0.2) is 0 Å². The zero-order chi connectivity index (χ0) is 11.7. The first-order valence-electron chi connectivity index (χ1n) is 5.91. The van der Waals surface area contributed by atoms with Crippen molar-refractivity contribution in [2.24, 2.45) is 0 Å². The second-order valence-electron chi connectivity index (χ2n) is 4.43. The molecule has 1 aliphatic carbocycles. The molecular weight excluding hydrogens is 210 g/mol. The molecule has 1 aromatic carbocycles. The van der Waals surface area contributed by atoms with E-state index >= 15 is 0 Å². The van der Waals surface area contributed by atoms with Crippen LogP contribution in [0.25, 0.3) is 0 Å². The Morgan fingerprint density at radius 1 is 1.00 bits per heavy atom. The zero-order valence-corrected chi connectivity index (χ0v) is 9.61. The number of rotatable bonds is 2. The topological polar surface area (TPSA) is 50.9 Å². The monoisotopic (exact) mass is 225 g/mol. The largest absolute Gasteiger partial charge is 0.384 e. The van der Waals surface area contributed by atoms with Crippen LogP contribution < -0.4 is 11.1 Å². The van der Waals surface area contributed by atoms with Crippen molar-refractivity contribution in [3.05, 3.63) is 47.7 Å². The van der Waals surface area contributed by atoms with Crippen LogP contribution in [0.2, 0.25) is 0 Å². The third kappa shape index (κ3) is 2.09. The molecule has 3 nitrogen and oxygen atoms in total. The molecule has 0 aliphatic heterocycles. The Bertz CT molecular complexity index is 532. The highest BCUT2D eigenvalue weighted by Gasteiger charge is 2.10. The maximum Gasteiger partial charge on any atom is 0.123 e. The minimum absolute atomic E-state index is 0.546. The molecule has 0 unspecified atom stereocenters. The average molecular weight is 225 g/mol. The first-order valence-corrected chi connectivity index (χ1v) is 5.91. The SMILES string of the molecule is Nc1ccc(Nc2ccc3c(c2)CCC3)cn1. The van der Waals surface area contributed by atoms with Crippen LogP contribution in [-0.4, -0.2) is 4.98 Å². The molecule has 3 rings (SSSR count). The highest BCUT2D eigenvalue weighted by atomic mass is 14.9. The third-order valence-electron chi connectivity index (χ3n) is 3.17. The van der Waals surface area contributed by atoms with E-state index < -0.39 is 0 Å². The summed E-state index contributed by atoms with van der Waals surface area (Å²) in [5, 5.41) is 3.34. The summed E-state index contributed by atoms with van der Waals surface area (Å²) >= 11 is 0. The molecule has 17 heavy (non-hydrogen) atoms. The number of fused-ring (bicyclic) bond motifs is 1. The molecule has 0 fully saturated rings. The van der Waals surface area contributed by atoms with Crippen molar-refractivity contribution in [2.45, 2.75) is 19.3 Å². The molecule has 0 radical (unpaired) electrons. The van der Waals surface area contributed by atoms with Gasteiger partial charge in [0.25, 0.3) is 0 Å². The Kier molecular flexibility index (Phi) is 2.44. The van der Waals surface area contributed by atoms with Gasteiger partial charge in [-0.05, 0) is 54.7 Å². The summed E-state index contributed by atoms with van der Waals surface area (Å²) in [7, 11) is 0. The molecule has 0 bridgehead atoms. The van der Waals surface area contributed by atoms with E-state index in [-0.39, 0.29) is 0 Å². The molecule has 3 N–H and O–H groups in total. The van der Waals surface area contributed by atoms with E-state index in [2.05, 4.69) is 28.5 Å². The Morgan fingerprint density at radius 2 is 1.82 bits per heavy atom. The summed E-state index contributed by atoms with van der Waals surface area (Å²) in [5.41, 5.74) is 10.6. The highest BCUT2D eigenvalue weighted by Crippen LogP contribution is 2.26. The fourth-order valence-electron chi connectivity index (χ4n) is 2.30. The molecule has 0 amide bonds. The molecule has 3 heteroatoms. The molecule has 0 atom stereocenters. The van der Waals surface area contributed by atoms with Crippen LogP contribution in [0.5, 0.6) is 0 Å². The molecule has 0 saturated carbocycles. The molecule has 1 heterocycles. The number of pyridine rings is 1. The summed E-state index contributed by atoms with van der Waals surface area (Å²) in [5.74, 6) is 0.546. The number of anilines is 3. The number of hydrogen-bond acceptors (Lipinski definition) is 3. The Labute approximate surface area is 101 Å². The van der Waals surface area contributed by atoms with E-state index in [0.29, 0.717) is 5.82 Å². The van der Waals surface area contributed by atoms with Crippen molar-refractivity contribution in [1.29, 1.82) is 0 Å². The van der Waals surface area contributed by atoms with Gasteiger partial charge < -0.3 is 11.1 Å². The highest BCUT2D eigenvalue weighted by molar-refractivity contribution is 5.61. The van der Waals surface area contributed by atoms with E-state index in [1.165, 1.54) is 30.4 Å². The van der Waals surface area contributed by atoms with Crippen molar-refractivity contribution >= 4 is 17.2 Å². The van der Waals surface area contributed by atoms with Crippen LogP contribution in [0.15, 0.2) is 36.5 Å². The summed E-state index contributed by atoms with van der Waals surface area (Å²) in [6.07, 6.45) is 5.45. The molecule has 0 spiro atoms. The Hall–Kier alpha value is -2.03. The Balaban J connectivity index is 1.83. The summed E-state index contributed by atoms with van der Waals surface area (Å²) in [6.45, 7) is 0. The van der Waals surface area contributed by atoms with Crippen LogP contribution in [0.1, 0.15) is 17.5 Å².